The zero-order valence-electron chi connectivity index (χ0n) is 14.0. The SMILES string of the molecule is CCCC(=O)C(C(O)(CC(=O)[O-])C(=O)CCC)[N+](C)(C)C.Cl. The summed E-state index contributed by atoms with van der Waals surface area (Å²) in [7, 11) is 4.99. The number of hydrogen-bond acceptors (Lipinski definition) is 5. The summed E-state index contributed by atoms with van der Waals surface area (Å²) in [5.74, 6) is -2.46. The van der Waals surface area contributed by atoms with Gasteiger partial charge in [0.15, 0.2) is 23.2 Å². The first-order valence-electron chi connectivity index (χ1n) is 7.30. The van der Waals surface area contributed by atoms with Crippen LogP contribution in [0.2, 0.25) is 0 Å². The Morgan fingerprint density at radius 2 is 1.55 bits per heavy atom. The number of Topliss-reactive ketones (excluding diaryl/α,β-unsaturated/α-hetero) is 2. The number of nitrogens with zero attached hydrogens (tertiary/aromatic N) is 1. The van der Waals surface area contributed by atoms with Gasteiger partial charge in [-0.05, 0) is 12.8 Å². The van der Waals surface area contributed by atoms with Gasteiger partial charge >= 0.3 is 0 Å². The van der Waals surface area contributed by atoms with E-state index in [2.05, 4.69) is 0 Å². The van der Waals surface area contributed by atoms with Crippen LogP contribution in [0, 0.1) is 0 Å². The lowest BCUT2D eigenvalue weighted by Gasteiger charge is -2.42. The average Bonchev–Trinajstić information content (AvgIpc) is 2.26. The molecule has 0 aromatic rings. The third-order valence-corrected chi connectivity index (χ3v) is 3.40. The minimum atomic E-state index is -2.22. The number of carboxylic acid groups (broad SMARTS) is 1. The standard InChI is InChI=1S/C15H27NO5.ClH/c1-6-8-11(17)14(16(3,4)5)15(21,10-13(19)20)12(18)9-7-2;/h14,21H,6-10H2,1-5H3;1H. The topological polar surface area (TPSA) is 94.5 Å². The van der Waals surface area contributed by atoms with E-state index in [0.29, 0.717) is 12.8 Å². The van der Waals surface area contributed by atoms with Gasteiger partial charge in [0.25, 0.3) is 0 Å². The Balaban J connectivity index is 0. The van der Waals surface area contributed by atoms with Crippen molar-refractivity contribution in [3.05, 3.63) is 0 Å². The van der Waals surface area contributed by atoms with Crippen LogP contribution in [-0.4, -0.2) is 59.9 Å². The highest BCUT2D eigenvalue weighted by molar-refractivity contribution is 5.98. The van der Waals surface area contributed by atoms with Gasteiger partial charge in [-0.2, -0.15) is 0 Å². The van der Waals surface area contributed by atoms with E-state index < -0.39 is 29.8 Å². The van der Waals surface area contributed by atoms with E-state index in [1.165, 1.54) is 0 Å². The van der Waals surface area contributed by atoms with Crippen LogP contribution in [0.1, 0.15) is 46.0 Å². The second-order valence-electron chi connectivity index (χ2n) is 6.38. The molecule has 2 unspecified atom stereocenters. The molecule has 0 bridgehead atoms. The number of likely N-dealkylation sites (N-methyl/N-ethyl adjacent to an activating group) is 1. The third-order valence-electron chi connectivity index (χ3n) is 3.40. The molecule has 130 valence electrons. The molecule has 0 aliphatic heterocycles. The van der Waals surface area contributed by atoms with Crippen molar-refractivity contribution in [2.45, 2.75) is 57.6 Å². The fourth-order valence-corrected chi connectivity index (χ4v) is 2.73. The number of carboxylic acids is 1. The molecule has 0 saturated heterocycles. The maximum Gasteiger partial charge on any atom is 0.193 e. The zero-order valence-corrected chi connectivity index (χ0v) is 14.9. The molecule has 22 heavy (non-hydrogen) atoms. The molecule has 0 aliphatic rings. The molecule has 1 N–H and O–H groups in total. The van der Waals surface area contributed by atoms with Crippen molar-refractivity contribution < 1.29 is 29.1 Å². The van der Waals surface area contributed by atoms with E-state index in [1.54, 1.807) is 28.1 Å². The Kier molecular flexibility index (Phi) is 9.76. The summed E-state index contributed by atoms with van der Waals surface area (Å²) in [5, 5.41) is 21.8. The van der Waals surface area contributed by atoms with Gasteiger partial charge in [0.1, 0.15) is 0 Å². The summed E-state index contributed by atoms with van der Waals surface area (Å²) in [4.78, 5) is 35.7. The zero-order chi connectivity index (χ0) is 16.8. The quantitative estimate of drug-likeness (QED) is 0.570. The average molecular weight is 338 g/mol. The van der Waals surface area contributed by atoms with Gasteiger partial charge in [-0.1, -0.05) is 13.8 Å². The highest BCUT2D eigenvalue weighted by Crippen LogP contribution is 2.27. The Bertz CT molecular complexity index is 405. The van der Waals surface area contributed by atoms with Crippen LogP contribution in [0.15, 0.2) is 0 Å². The maximum atomic E-state index is 12.4. The van der Waals surface area contributed by atoms with Crippen molar-refractivity contribution in [2.75, 3.05) is 21.1 Å². The molecule has 0 aromatic heterocycles. The number of quaternary nitrogens is 1. The van der Waals surface area contributed by atoms with Gasteiger partial charge in [0.05, 0.1) is 21.1 Å². The molecule has 0 rings (SSSR count). The highest BCUT2D eigenvalue weighted by Gasteiger charge is 2.53. The summed E-state index contributed by atoms with van der Waals surface area (Å²) < 4.78 is -0.0158. The predicted octanol–water partition coefficient (Wildman–Crippen LogP) is 0.0925. The Morgan fingerprint density at radius 1 is 1.09 bits per heavy atom. The number of rotatable bonds is 10. The van der Waals surface area contributed by atoms with E-state index in [9.17, 15) is 24.6 Å². The van der Waals surface area contributed by atoms with Crippen LogP contribution in [0.3, 0.4) is 0 Å². The predicted molar refractivity (Wildman–Crippen MR) is 83.5 cm³/mol. The van der Waals surface area contributed by atoms with Crippen molar-refractivity contribution in [3.63, 3.8) is 0 Å². The summed E-state index contributed by atoms with van der Waals surface area (Å²) in [5.41, 5.74) is -2.22. The van der Waals surface area contributed by atoms with Crippen LogP contribution in [0.25, 0.3) is 0 Å². The number of aliphatic hydroxyl groups is 1. The van der Waals surface area contributed by atoms with E-state index in [4.69, 9.17) is 0 Å². The molecule has 0 aliphatic carbocycles. The van der Waals surface area contributed by atoms with E-state index in [1.807, 2.05) is 6.92 Å². The van der Waals surface area contributed by atoms with Crippen LogP contribution in [0.5, 0.6) is 0 Å². The van der Waals surface area contributed by atoms with Gasteiger partial charge in [-0.25, -0.2) is 0 Å². The molecule has 6 nitrogen and oxygen atoms in total. The minimum absolute atomic E-state index is 0. The Morgan fingerprint density at radius 3 is 1.86 bits per heavy atom. The summed E-state index contributed by atoms with van der Waals surface area (Å²) in [6.07, 6.45) is 0.398. The summed E-state index contributed by atoms with van der Waals surface area (Å²) in [6, 6.07) is -1.12. The van der Waals surface area contributed by atoms with E-state index >= 15 is 0 Å². The number of ketones is 2. The number of carbonyl (C=O) groups excluding carboxylic acids is 3. The second-order valence-corrected chi connectivity index (χ2v) is 6.38. The molecule has 0 heterocycles. The van der Waals surface area contributed by atoms with Crippen molar-refractivity contribution in [1.29, 1.82) is 0 Å². The van der Waals surface area contributed by atoms with Crippen LogP contribution in [0.4, 0.5) is 0 Å². The monoisotopic (exact) mass is 337 g/mol. The van der Waals surface area contributed by atoms with E-state index in [-0.39, 0.29) is 35.5 Å². The first-order valence-corrected chi connectivity index (χ1v) is 7.30. The number of hydrogen-bond donors (Lipinski definition) is 1. The molecule has 2 atom stereocenters. The fraction of sp³-hybridized carbons (Fsp3) is 0.800. The molecule has 0 radical (unpaired) electrons. The van der Waals surface area contributed by atoms with Crippen molar-refractivity contribution in [1.82, 2.24) is 0 Å². The lowest BCUT2D eigenvalue weighted by atomic mass is 9.79. The van der Waals surface area contributed by atoms with Gasteiger partial charge in [0.2, 0.25) is 0 Å². The summed E-state index contributed by atoms with van der Waals surface area (Å²) >= 11 is 0. The molecule has 0 saturated carbocycles. The molecule has 7 heteroatoms. The normalized spacial score (nSPS) is 15.4. The highest BCUT2D eigenvalue weighted by atomic mass is 35.5. The Hall–Kier alpha value is -0.980. The fourth-order valence-electron chi connectivity index (χ4n) is 2.73. The molecule has 0 spiro atoms. The maximum absolute atomic E-state index is 12.4. The molecular weight excluding hydrogens is 310 g/mol. The molecule has 0 amide bonds. The van der Waals surface area contributed by atoms with Crippen LogP contribution < -0.4 is 5.11 Å². The first kappa shape index (κ1) is 23.3. The largest absolute Gasteiger partial charge is 0.550 e. The van der Waals surface area contributed by atoms with Gasteiger partial charge in [0, 0.05) is 25.2 Å². The lowest BCUT2D eigenvalue weighted by molar-refractivity contribution is -0.892. The van der Waals surface area contributed by atoms with E-state index in [0.717, 1.165) is 0 Å². The Labute approximate surface area is 138 Å². The van der Waals surface area contributed by atoms with Crippen LogP contribution in [-0.2, 0) is 14.4 Å². The molecule has 0 fully saturated rings. The van der Waals surface area contributed by atoms with Crippen LogP contribution >= 0.6 is 12.4 Å². The minimum Gasteiger partial charge on any atom is -0.550 e. The van der Waals surface area contributed by atoms with Gasteiger partial charge < -0.3 is 19.5 Å². The number of aliphatic carboxylic acids is 1. The number of carbonyl (C=O) groups is 3. The lowest BCUT2D eigenvalue weighted by Crippen LogP contribution is -2.66. The van der Waals surface area contributed by atoms with Gasteiger partial charge in [-0.15, -0.1) is 12.4 Å². The third kappa shape index (κ3) is 6.02. The first-order chi connectivity index (χ1) is 9.50. The van der Waals surface area contributed by atoms with Crippen molar-refractivity contribution in [2.24, 2.45) is 0 Å². The van der Waals surface area contributed by atoms with Crippen molar-refractivity contribution in [3.8, 4) is 0 Å². The molecule has 0 aromatic carbocycles. The van der Waals surface area contributed by atoms with Gasteiger partial charge in [-0.3, -0.25) is 9.59 Å². The second kappa shape index (κ2) is 9.22. The smallest absolute Gasteiger partial charge is 0.193 e. The number of halogens is 1. The molecular formula is C15H28ClNO5. The van der Waals surface area contributed by atoms with Crippen molar-refractivity contribution >= 4 is 29.9 Å². The summed E-state index contributed by atoms with van der Waals surface area (Å²) in [6.45, 7) is 3.57.